The van der Waals surface area contributed by atoms with Crippen molar-refractivity contribution in [1.82, 2.24) is 20.8 Å². The van der Waals surface area contributed by atoms with Crippen LogP contribution < -0.4 is 10.9 Å². The van der Waals surface area contributed by atoms with Gasteiger partial charge in [0, 0.05) is 18.0 Å². The molecule has 1 aromatic heterocycles. The van der Waals surface area contributed by atoms with E-state index in [0.717, 1.165) is 0 Å². The van der Waals surface area contributed by atoms with E-state index in [4.69, 9.17) is 5.11 Å². The summed E-state index contributed by atoms with van der Waals surface area (Å²) < 4.78 is 0. The summed E-state index contributed by atoms with van der Waals surface area (Å²) in [5.41, 5.74) is 6.65. The number of hydrogen-bond donors (Lipinski definition) is 3. The lowest BCUT2D eigenvalue weighted by Crippen LogP contribution is -2.45. The van der Waals surface area contributed by atoms with E-state index in [1.54, 1.807) is 30.6 Å². The standard InChI is InChI=1S/C13H10N6O2/c20-13(21)9-4-2-8(3-5-9)10-16-18-12(19-17-10)11-14-6-1-7-15-11/h1-7H,(H,16,17)(H,18,19)(H,20,21). The van der Waals surface area contributed by atoms with E-state index in [1.165, 1.54) is 12.1 Å². The molecule has 2 aromatic rings. The van der Waals surface area contributed by atoms with E-state index >= 15 is 0 Å². The van der Waals surface area contributed by atoms with Crippen LogP contribution in [-0.4, -0.2) is 32.7 Å². The van der Waals surface area contributed by atoms with E-state index in [-0.39, 0.29) is 5.56 Å². The Kier molecular flexibility index (Phi) is 3.26. The number of rotatable bonds is 3. The van der Waals surface area contributed by atoms with Crippen molar-refractivity contribution in [3.05, 3.63) is 59.7 Å². The molecule has 0 bridgehead atoms. The summed E-state index contributed by atoms with van der Waals surface area (Å²) in [4.78, 5) is 18.9. The van der Waals surface area contributed by atoms with Crippen LogP contribution in [0.2, 0.25) is 0 Å². The highest BCUT2D eigenvalue weighted by atomic mass is 16.4. The van der Waals surface area contributed by atoms with Gasteiger partial charge in [0.2, 0.25) is 5.84 Å². The lowest BCUT2D eigenvalue weighted by molar-refractivity contribution is 0.0697. The molecule has 0 fully saturated rings. The molecule has 0 saturated carbocycles. The molecule has 0 radical (unpaired) electrons. The Morgan fingerprint density at radius 2 is 1.57 bits per heavy atom. The summed E-state index contributed by atoms with van der Waals surface area (Å²) in [6, 6.07) is 8.01. The predicted octanol–water partition coefficient (Wildman–Crippen LogP) is 0.391. The van der Waals surface area contributed by atoms with Gasteiger partial charge >= 0.3 is 5.97 Å². The maximum Gasteiger partial charge on any atom is 0.335 e. The monoisotopic (exact) mass is 282 g/mol. The summed E-state index contributed by atoms with van der Waals surface area (Å²) in [5.74, 6) is 0.335. The minimum atomic E-state index is -0.972. The Morgan fingerprint density at radius 3 is 2.14 bits per heavy atom. The Balaban J connectivity index is 1.83. The normalized spacial score (nSPS) is 13.5. The molecule has 0 spiro atoms. The molecule has 21 heavy (non-hydrogen) atoms. The number of carboxylic acid groups (broad SMARTS) is 1. The van der Waals surface area contributed by atoms with Gasteiger partial charge in [0.05, 0.1) is 5.56 Å². The average molecular weight is 282 g/mol. The zero-order valence-electron chi connectivity index (χ0n) is 10.7. The van der Waals surface area contributed by atoms with Crippen molar-refractivity contribution in [2.45, 2.75) is 0 Å². The van der Waals surface area contributed by atoms with Crippen LogP contribution in [0.25, 0.3) is 0 Å². The van der Waals surface area contributed by atoms with Crippen LogP contribution in [-0.2, 0) is 0 Å². The minimum absolute atomic E-state index is 0.213. The maximum atomic E-state index is 10.8. The number of aromatic nitrogens is 2. The number of nitrogens with zero attached hydrogens (tertiary/aromatic N) is 4. The van der Waals surface area contributed by atoms with Gasteiger partial charge in [-0.3, -0.25) is 10.9 Å². The van der Waals surface area contributed by atoms with E-state index in [9.17, 15) is 4.79 Å². The zero-order chi connectivity index (χ0) is 14.7. The molecule has 8 nitrogen and oxygen atoms in total. The van der Waals surface area contributed by atoms with Gasteiger partial charge in [0.15, 0.2) is 11.7 Å². The minimum Gasteiger partial charge on any atom is -0.478 e. The first-order chi connectivity index (χ1) is 10.2. The lowest BCUT2D eigenvalue weighted by Gasteiger charge is -2.15. The van der Waals surface area contributed by atoms with E-state index in [1.807, 2.05) is 0 Å². The van der Waals surface area contributed by atoms with Crippen molar-refractivity contribution in [1.29, 1.82) is 0 Å². The van der Waals surface area contributed by atoms with Crippen molar-refractivity contribution >= 4 is 17.6 Å². The molecule has 0 unspecified atom stereocenters. The van der Waals surface area contributed by atoms with Gasteiger partial charge in [0.25, 0.3) is 0 Å². The first-order valence-corrected chi connectivity index (χ1v) is 6.03. The molecule has 1 aromatic carbocycles. The summed E-state index contributed by atoms with van der Waals surface area (Å²) in [7, 11) is 0. The summed E-state index contributed by atoms with van der Waals surface area (Å²) in [6.45, 7) is 0. The molecule has 3 rings (SSSR count). The first-order valence-electron chi connectivity index (χ1n) is 6.03. The van der Waals surface area contributed by atoms with E-state index in [2.05, 4.69) is 31.0 Å². The van der Waals surface area contributed by atoms with Crippen LogP contribution in [0.15, 0.2) is 52.9 Å². The van der Waals surface area contributed by atoms with Crippen LogP contribution in [0.3, 0.4) is 0 Å². The highest BCUT2D eigenvalue weighted by Crippen LogP contribution is 2.06. The zero-order valence-corrected chi connectivity index (χ0v) is 10.7. The molecule has 0 aliphatic carbocycles. The Hall–Kier alpha value is -3.29. The quantitative estimate of drug-likeness (QED) is 0.751. The van der Waals surface area contributed by atoms with Crippen LogP contribution >= 0.6 is 0 Å². The Labute approximate surface area is 119 Å². The SMILES string of the molecule is O=C(O)c1ccc(C2=NN=C(c3ncccn3)NN2)cc1. The summed E-state index contributed by atoms with van der Waals surface area (Å²) in [6.07, 6.45) is 3.22. The summed E-state index contributed by atoms with van der Waals surface area (Å²) in [5, 5.41) is 16.9. The van der Waals surface area contributed by atoms with Gasteiger partial charge in [-0.05, 0) is 18.2 Å². The second kappa shape index (κ2) is 5.37. The van der Waals surface area contributed by atoms with Crippen molar-refractivity contribution < 1.29 is 9.90 Å². The van der Waals surface area contributed by atoms with Gasteiger partial charge in [-0.1, -0.05) is 12.1 Å². The van der Waals surface area contributed by atoms with Gasteiger partial charge in [-0.15, -0.1) is 10.2 Å². The number of hydrazine groups is 1. The molecule has 1 aliphatic rings. The topological polar surface area (TPSA) is 112 Å². The molecular formula is C13H10N6O2. The third kappa shape index (κ3) is 2.68. The third-order valence-electron chi connectivity index (χ3n) is 2.73. The Bertz CT molecular complexity index is 724. The molecule has 0 atom stereocenters. The summed E-state index contributed by atoms with van der Waals surface area (Å²) >= 11 is 0. The highest BCUT2D eigenvalue weighted by Gasteiger charge is 2.13. The number of carboxylic acids is 1. The van der Waals surface area contributed by atoms with Crippen molar-refractivity contribution in [2.75, 3.05) is 0 Å². The number of nitrogens with one attached hydrogen (secondary N) is 2. The molecule has 0 amide bonds. The van der Waals surface area contributed by atoms with Gasteiger partial charge in [-0.2, -0.15) is 0 Å². The molecule has 3 N–H and O–H groups in total. The first kappa shape index (κ1) is 12.7. The smallest absolute Gasteiger partial charge is 0.335 e. The van der Waals surface area contributed by atoms with Crippen LogP contribution in [0.1, 0.15) is 21.7 Å². The fourth-order valence-electron chi connectivity index (χ4n) is 1.69. The van der Waals surface area contributed by atoms with Crippen molar-refractivity contribution in [3.8, 4) is 0 Å². The fourth-order valence-corrected chi connectivity index (χ4v) is 1.69. The maximum absolute atomic E-state index is 10.8. The molecule has 8 heteroatoms. The Morgan fingerprint density at radius 1 is 0.952 bits per heavy atom. The van der Waals surface area contributed by atoms with Crippen molar-refractivity contribution in [2.24, 2.45) is 10.2 Å². The predicted molar refractivity (Wildman–Crippen MR) is 74.8 cm³/mol. The number of aromatic carboxylic acids is 1. The lowest BCUT2D eigenvalue weighted by atomic mass is 10.1. The van der Waals surface area contributed by atoms with Gasteiger partial charge in [0.1, 0.15) is 0 Å². The average Bonchev–Trinajstić information content (AvgIpc) is 2.56. The molecule has 0 saturated heterocycles. The van der Waals surface area contributed by atoms with Gasteiger partial charge in [-0.25, -0.2) is 14.8 Å². The van der Waals surface area contributed by atoms with E-state index in [0.29, 0.717) is 23.1 Å². The second-order valence-electron chi connectivity index (χ2n) is 4.10. The number of amidine groups is 2. The van der Waals surface area contributed by atoms with Crippen molar-refractivity contribution in [3.63, 3.8) is 0 Å². The third-order valence-corrected chi connectivity index (χ3v) is 2.73. The van der Waals surface area contributed by atoms with E-state index < -0.39 is 5.97 Å². The molecular weight excluding hydrogens is 272 g/mol. The largest absolute Gasteiger partial charge is 0.478 e. The van der Waals surface area contributed by atoms with Crippen LogP contribution in [0, 0.1) is 0 Å². The number of benzene rings is 1. The molecule has 1 aliphatic heterocycles. The van der Waals surface area contributed by atoms with Crippen LogP contribution in [0.4, 0.5) is 0 Å². The molecule has 2 heterocycles. The second-order valence-corrected chi connectivity index (χ2v) is 4.10. The molecule has 104 valence electrons. The van der Waals surface area contributed by atoms with Gasteiger partial charge < -0.3 is 5.11 Å². The van der Waals surface area contributed by atoms with Crippen LogP contribution in [0.5, 0.6) is 0 Å². The number of hydrogen-bond acceptors (Lipinski definition) is 7. The number of carbonyl (C=O) groups is 1. The fraction of sp³-hybridized carbons (Fsp3) is 0. The highest BCUT2D eigenvalue weighted by molar-refractivity contribution is 6.05.